The van der Waals surface area contributed by atoms with Crippen molar-refractivity contribution in [2.75, 3.05) is 53.0 Å². The van der Waals surface area contributed by atoms with Gasteiger partial charge in [-0.2, -0.15) is 0 Å². The molecule has 3 unspecified atom stereocenters. The van der Waals surface area contributed by atoms with Gasteiger partial charge in [0, 0.05) is 44.2 Å². The summed E-state index contributed by atoms with van der Waals surface area (Å²) >= 11 is 3.47. The Morgan fingerprint density at radius 1 is 1.03 bits per heavy atom. The molecule has 7 heteroatoms. The van der Waals surface area contributed by atoms with E-state index >= 15 is 0 Å². The largest absolute Gasteiger partial charge is 0.493 e. The summed E-state index contributed by atoms with van der Waals surface area (Å²) in [6.07, 6.45) is 13.0. The quantitative estimate of drug-likeness (QED) is 0.131. The van der Waals surface area contributed by atoms with Crippen molar-refractivity contribution in [2.45, 2.75) is 51.4 Å². The Kier molecular flexibility index (Phi) is 11.9. The number of methoxy groups -OCH3 is 2. The first-order valence-electron chi connectivity index (χ1n) is 12.6. The fourth-order valence-corrected chi connectivity index (χ4v) is 5.36. The first-order valence-corrected chi connectivity index (χ1v) is 13.8. The van der Waals surface area contributed by atoms with Gasteiger partial charge in [0.2, 0.25) is 0 Å². The number of hydrogen-bond donors (Lipinski definition) is 0. The highest BCUT2D eigenvalue weighted by molar-refractivity contribution is 9.09. The lowest BCUT2D eigenvalue weighted by atomic mass is 9.61. The molecule has 35 heavy (non-hydrogen) atoms. The molecular weight excluding hydrogens is 512 g/mol. The van der Waals surface area contributed by atoms with Gasteiger partial charge >= 0.3 is 0 Å². The molecule has 0 aromatic heterocycles. The third kappa shape index (κ3) is 7.97. The van der Waals surface area contributed by atoms with Gasteiger partial charge in [0.1, 0.15) is 17.3 Å². The Labute approximate surface area is 219 Å². The van der Waals surface area contributed by atoms with E-state index in [1.165, 1.54) is 5.56 Å². The highest BCUT2D eigenvalue weighted by Gasteiger charge is 2.45. The third-order valence-corrected chi connectivity index (χ3v) is 7.56. The second-order valence-corrected chi connectivity index (χ2v) is 10.3. The molecule has 6 nitrogen and oxygen atoms in total. The highest BCUT2D eigenvalue weighted by atomic mass is 79.9. The minimum absolute atomic E-state index is 0.0293. The second-order valence-electron chi connectivity index (χ2n) is 9.46. The Hall–Kier alpha value is -1.54. The number of allylic oxidation sites excluding steroid dienone is 3. The molecule has 1 heterocycles. The van der Waals surface area contributed by atoms with Gasteiger partial charge in [-0.3, -0.25) is 0 Å². The van der Waals surface area contributed by atoms with Crippen LogP contribution < -0.4 is 9.47 Å². The molecule has 1 aliphatic heterocycles. The molecule has 0 spiro atoms. The Morgan fingerprint density at radius 3 is 2.51 bits per heavy atom. The fraction of sp³-hybridized carbons (Fsp3) is 0.643. The molecule has 0 N–H and O–H groups in total. The van der Waals surface area contributed by atoms with Gasteiger partial charge in [0.05, 0.1) is 6.61 Å². The molecule has 0 bridgehead atoms. The van der Waals surface area contributed by atoms with Crippen molar-refractivity contribution in [3.63, 3.8) is 0 Å². The van der Waals surface area contributed by atoms with Crippen LogP contribution in [0.2, 0.25) is 0 Å². The van der Waals surface area contributed by atoms with Gasteiger partial charge in [0.25, 0.3) is 0 Å². The first kappa shape index (κ1) is 28.0. The van der Waals surface area contributed by atoms with E-state index in [1.54, 1.807) is 14.2 Å². The van der Waals surface area contributed by atoms with E-state index in [-0.39, 0.29) is 19.0 Å². The van der Waals surface area contributed by atoms with E-state index < -0.39 is 0 Å². The molecule has 1 aromatic carbocycles. The van der Waals surface area contributed by atoms with Crippen molar-refractivity contribution in [3.05, 3.63) is 47.7 Å². The third-order valence-electron chi connectivity index (χ3n) is 7.00. The lowest BCUT2D eigenvalue weighted by Gasteiger charge is -2.47. The van der Waals surface area contributed by atoms with Crippen molar-refractivity contribution in [1.82, 2.24) is 0 Å². The van der Waals surface area contributed by atoms with E-state index in [1.807, 2.05) is 12.1 Å². The SMILES string of the molecule is COCOC1=CCC(C2(C)COc3cc(OCOC)ccc3C2CCCCOCCCCBr)C=C1. The molecule has 0 saturated heterocycles. The fourth-order valence-electron chi connectivity index (χ4n) is 4.96. The van der Waals surface area contributed by atoms with E-state index in [0.29, 0.717) is 18.4 Å². The number of halogens is 1. The number of benzene rings is 1. The van der Waals surface area contributed by atoms with E-state index in [0.717, 1.165) is 74.3 Å². The predicted molar refractivity (Wildman–Crippen MR) is 141 cm³/mol. The van der Waals surface area contributed by atoms with Crippen molar-refractivity contribution in [1.29, 1.82) is 0 Å². The molecular formula is C28H41BrO6. The van der Waals surface area contributed by atoms with Crippen LogP contribution in [0, 0.1) is 11.3 Å². The summed E-state index contributed by atoms with van der Waals surface area (Å²) in [6.45, 7) is 5.20. The van der Waals surface area contributed by atoms with E-state index in [9.17, 15) is 0 Å². The molecule has 1 aromatic rings. The summed E-state index contributed by atoms with van der Waals surface area (Å²) in [5.41, 5.74) is 1.24. The van der Waals surface area contributed by atoms with Crippen molar-refractivity contribution >= 4 is 15.9 Å². The van der Waals surface area contributed by atoms with E-state index in [2.05, 4.69) is 47.1 Å². The van der Waals surface area contributed by atoms with Gasteiger partial charge in [-0.25, -0.2) is 0 Å². The van der Waals surface area contributed by atoms with Crippen LogP contribution in [-0.2, 0) is 18.9 Å². The summed E-state index contributed by atoms with van der Waals surface area (Å²) in [7, 11) is 3.26. The standard InChI is InChI=1S/C28H41BrO6/c1-28(22-9-11-23(12-10-22)34-20-30-2)19-33-27-18-24(35-21-31-3)13-14-25(27)26(28)8-4-6-16-32-17-7-5-15-29/h9,11-14,18,22,26H,4-8,10,15-17,19-21H2,1-3H3. The summed E-state index contributed by atoms with van der Waals surface area (Å²) in [5.74, 6) is 3.30. The normalized spacial score (nSPS) is 23.4. The molecule has 0 saturated carbocycles. The maximum absolute atomic E-state index is 6.36. The lowest BCUT2D eigenvalue weighted by molar-refractivity contribution is 0.00767. The van der Waals surface area contributed by atoms with Crippen molar-refractivity contribution < 1.29 is 28.4 Å². The van der Waals surface area contributed by atoms with Crippen molar-refractivity contribution in [2.24, 2.45) is 11.3 Å². The summed E-state index contributed by atoms with van der Waals surface area (Å²) in [6, 6.07) is 6.20. The molecule has 1 aliphatic carbocycles. The molecule has 196 valence electrons. The van der Waals surface area contributed by atoms with Crippen LogP contribution in [0.5, 0.6) is 11.5 Å². The van der Waals surface area contributed by atoms with Gasteiger partial charge in [-0.1, -0.05) is 41.4 Å². The van der Waals surface area contributed by atoms with Gasteiger partial charge in [-0.05, 0) is 67.7 Å². The molecule has 0 amide bonds. The molecule has 3 atom stereocenters. The zero-order valence-corrected chi connectivity index (χ0v) is 23.0. The summed E-state index contributed by atoms with van der Waals surface area (Å²) in [5, 5.41) is 1.04. The zero-order chi connectivity index (χ0) is 24.9. The molecule has 2 aliphatic rings. The number of rotatable bonds is 16. The maximum atomic E-state index is 6.36. The summed E-state index contributed by atoms with van der Waals surface area (Å²) < 4.78 is 33.6. The van der Waals surface area contributed by atoms with Crippen LogP contribution in [0.4, 0.5) is 0 Å². The minimum Gasteiger partial charge on any atom is -0.493 e. The first-order chi connectivity index (χ1) is 17.1. The second kappa shape index (κ2) is 14.9. The van der Waals surface area contributed by atoms with Crippen LogP contribution in [0.1, 0.15) is 56.9 Å². The highest BCUT2D eigenvalue weighted by Crippen LogP contribution is 2.53. The number of alkyl halides is 1. The zero-order valence-electron chi connectivity index (χ0n) is 21.4. The molecule has 3 rings (SSSR count). The Morgan fingerprint density at radius 2 is 1.80 bits per heavy atom. The van der Waals surface area contributed by atoms with Gasteiger partial charge in [-0.15, -0.1) is 0 Å². The van der Waals surface area contributed by atoms with Crippen LogP contribution >= 0.6 is 15.9 Å². The maximum Gasteiger partial charge on any atom is 0.188 e. The van der Waals surface area contributed by atoms with Gasteiger partial charge < -0.3 is 28.4 Å². The monoisotopic (exact) mass is 552 g/mol. The van der Waals surface area contributed by atoms with Gasteiger partial charge in [0.15, 0.2) is 13.6 Å². The number of ether oxygens (including phenoxy) is 6. The van der Waals surface area contributed by atoms with Crippen molar-refractivity contribution in [3.8, 4) is 11.5 Å². The van der Waals surface area contributed by atoms with Crippen LogP contribution in [0.3, 0.4) is 0 Å². The average molecular weight is 554 g/mol. The molecule has 0 fully saturated rings. The Balaban J connectivity index is 1.69. The summed E-state index contributed by atoms with van der Waals surface area (Å²) in [4.78, 5) is 0. The number of unbranched alkanes of at least 4 members (excludes halogenated alkanes) is 2. The number of hydrogen-bond acceptors (Lipinski definition) is 6. The smallest absolute Gasteiger partial charge is 0.188 e. The number of fused-ring (bicyclic) bond motifs is 1. The minimum atomic E-state index is -0.0293. The van der Waals surface area contributed by atoms with Crippen LogP contribution in [-0.4, -0.2) is 53.0 Å². The molecule has 0 radical (unpaired) electrons. The topological polar surface area (TPSA) is 55.4 Å². The average Bonchev–Trinajstić information content (AvgIpc) is 2.89. The Bertz CT molecular complexity index is 826. The van der Waals surface area contributed by atoms with Crippen LogP contribution in [0.25, 0.3) is 0 Å². The predicted octanol–water partition coefficient (Wildman–Crippen LogP) is 6.59. The van der Waals surface area contributed by atoms with Crippen LogP contribution in [0.15, 0.2) is 42.2 Å². The lowest BCUT2D eigenvalue weighted by Crippen LogP contribution is -2.42. The van der Waals surface area contributed by atoms with E-state index in [4.69, 9.17) is 28.4 Å².